The van der Waals surface area contributed by atoms with Crippen LogP contribution in [0.1, 0.15) is 25.6 Å². The van der Waals surface area contributed by atoms with Crippen LogP contribution in [0.4, 0.5) is 0 Å². The van der Waals surface area contributed by atoms with Crippen molar-refractivity contribution in [2.24, 2.45) is 5.92 Å². The maximum Gasteiger partial charge on any atom is 0.124 e. The smallest absolute Gasteiger partial charge is 0.124 e. The highest BCUT2D eigenvalue weighted by Gasteiger charge is 2.18. The summed E-state index contributed by atoms with van der Waals surface area (Å²) in [4.78, 5) is 8.66. The zero-order valence-electron chi connectivity index (χ0n) is 9.57. The fourth-order valence-corrected chi connectivity index (χ4v) is 2.99. The monoisotopic (exact) mass is 309 g/mol. The largest absolute Gasteiger partial charge is 0.340 e. The van der Waals surface area contributed by atoms with Crippen LogP contribution < -0.4 is 0 Å². The molecule has 0 aliphatic rings. The molecule has 0 spiro atoms. The van der Waals surface area contributed by atoms with E-state index in [0.29, 0.717) is 0 Å². The Bertz CT molecular complexity index is 550. The number of thiophene rings is 1. The van der Waals surface area contributed by atoms with Crippen molar-refractivity contribution in [2.45, 2.75) is 19.8 Å². The lowest BCUT2D eigenvalue weighted by molar-refractivity contribution is 0.566. The maximum atomic E-state index is 9.12. The minimum atomic E-state index is -0.174. The fourth-order valence-electron chi connectivity index (χ4n) is 1.60. The number of hydrogen-bond donors (Lipinski definition) is 1. The molecule has 3 nitrogen and oxygen atoms in total. The van der Waals surface area contributed by atoms with Crippen LogP contribution in [-0.2, 0) is 0 Å². The molecule has 0 amide bonds. The second-order valence-corrected chi connectivity index (χ2v) is 5.99. The first-order chi connectivity index (χ1) is 8.11. The predicted molar refractivity (Wildman–Crippen MR) is 72.8 cm³/mol. The lowest BCUT2D eigenvalue weighted by atomic mass is 9.97. The van der Waals surface area contributed by atoms with Crippen molar-refractivity contribution in [2.75, 3.05) is 0 Å². The van der Waals surface area contributed by atoms with Gasteiger partial charge in [-0.05, 0) is 27.9 Å². The van der Waals surface area contributed by atoms with Crippen molar-refractivity contribution in [3.8, 4) is 16.6 Å². The Kier molecular flexibility index (Phi) is 3.65. The number of aromatic nitrogens is 2. The summed E-state index contributed by atoms with van der Waals surface area (Å²) in [6.45, 7) is 4.05. The molecule has 2 heterocycles. The maximum absolute atomic E-state index is 9.12. The number of hydrogen-bond acceptors (Lipinski definition) is 3. The van der Waals surface area contributed by atoms with E-state index in [2.05, 4.69) is 32.0 Å². The number of H-pyrrole nitrogens is 1. The molecule has 0 aliphatic carbocycles. The summed E-state index contributed by atoms with van der Waals surface area (Å²) in [7, 11) is 0. The van der Waals surface area contributed by atoms with Gasteiger partial charge in [-0.15, -0.1) is 11.3 Å². The van der Waals surface area contributed by atoms with E-state index in [-0.39, 0.29) is 11.8 Å². The summed E-state index contributed by atoms with van der Waals surface area (Å²) in [5.41, 5.74) is 0.969. The number of halogens is 1. The second-order valence-electron chi connectivity index (χ2n) is 4.16. The van der Waals surface area contributed by atoms with Crippen LogP contribution in [0.2, 0.25) is 0 Å². The second kappa shape index (κ2) is 5.03. The Labute approximate surface area is 113 Å². The van der Waals surface area contributed by atoms with Gasteiger partial charge >= 0.3 is 0 Å². The molecular weight excluding hydrogens is 298 g/mol. The number of nitriles is 1. The van der Waals surface area contributed by atoms with Gasteiger partial charge in [0, 0.05) is 9.85 Å². The van der Waals surface area contributed by atoms with Crippen LogP contribution >= 0.6 is 27.3 Å². The van der Waals surface area contributed by atoms with Gasteiger partial charge in [-0.25, -0.2) is 4.98 Å². The van der Waals surface area contributed by atoms with Gasteiger partial charge in [0.1, 0.15) is 11.7 Å². The van der Waals surface area contributed by atoms with Gasteiger partial charge in [-0.1, -0.05) is 13.8 Å². The first kappa shape index (κ1) is 12.3. The Hall–Kier alpha value is -1.12. The summed E-state index contributed by atoms with van der Waals surface area (Å²) in [5, 5.41) is 11.1. The zero-order chi connectivity index (χ0) is 12.4. The number of nitrogens with zero attached hydrogens (tertiary/aromatic N) is 2. The van der Waals surface area contributed by atoms with E-state index < -0.39 is 0 Å². The molecule has 1 atom stereocenters. The van der Waals surface area contributed by atoms with Crippen molar-refractivity contribution in [1.29, 1.82) is 5.26 Å². The molecule has 2 aromatic rings. The summed E-state index contributed by atoms with van der Waals surface area (Å²) in [6, 6.07) is 4.33. The number of rotatable bonds is 3. The van der Waals surface area contributed by atoms with E-state index in [0.717, 1.165) is 20.9 Å². The molecule has 2 aromatic heterocycles. The molecule has 17 heavy (non-hydrogen) atoms. The molecule has 88 valence electrons. The van der Waals surface area contributed by atoms with E-state index in [4.69, 9.17) is 5.26 Å². The lowest BCUT2D eigenvalue weighted by Gasteiger charge is -2.08. The van der Waals surface area contributed by atoms with Gasteiger partial charge in [0.15, 0.2) is 0 Å². The molecule has 1 unspecified atom stereocenters. The minimum Gasteiger partial charge on any atom is -0.340 e. The van der Waals surface area contributed by atoms with Crippen LogP contribution in [0.5, 0.6) is 0 Å². The molecule has 0 radical (unpaired) electrons. The van der Waals surface area contributed by atoms with Gasteiger partial charge < -0.3 is 4.98 Å². The normalized spacial score (nSPS) is 12.6. The van der Waals surface area contributed by atoms with Gasteiger partial charge in [0.2, 0.25) is 0 Å². The highest BCUT2D eigenvalue weighted by molar-refractivity contribution is 9.10. The SMILES string of the molecule is CC(C)C(C#N)c1ncc(-c2cc(Br)cs2)[nH]1. The summed E-state index contributed by atoms with van der Waals surface area (Å²) < 4.78 is 1.06. The van der Waals surface area contributed by atoms with Gasteiger partial charge in [-0.2, -0.15) is 5.26 Å². The molecule has 0 bridgehead atoms. The van der Waals surface area contributed by atoms with Crippen LogP contribution in [0.3, 0.4) is 0 Å². The van der Waals surface area contributed by atoms with E-state index in [9.17, 15) is 0 Å². The summed E-state index contributed by atoms with van der Waals surface area (Å²) in [5.74, 6) is 0.836. The molecule has 0 saturated carbocycles. The van der Waals surface area contributed by atoms with Crippen molar-refractivity contribution in [1.82, 2.24) is 9.97 Å². The number of imidazole rings is 1. The first-order valence-electron chi connectivity index (χ1n) is 5.30. The zero-order valence-corrected chi connectivity index (χ0v) is 12.0. The summed E-state index contributed by atoms with van der Waals surface area (Å²) >= 11 is 5.07. The minimum absolute atomic E-state index is 0.174. The molecular formula is C12H12BrN3S. The Morgan fingerprint density at radius 1 is 1.53 bits per heavy atom. The molecule has 0 aliphatic heterocycles. The number of nitrogens with one attached hydrogen (secondary N) is 1. The van der Waals surface area contributed by atoms with Gasteiger partial charge in [0.05, 0.1) is 22.8 Å². The molecule has 0 fully saturated rings. The van der Waals surface area contributed by atoms with Crippen LogP contribution in [0.25, 0.3) is 10.6 Å². The highest BCUT2D eigenvalue weighted by Crippen LogP contribution is 2.30. The van der Waals surface area contributed by atoms with Gasteiger partial charge in [0.25, 0.3) is 0 Å². The van der Waals surface area contributed by atoms with E-state index in [1.807, 2.05) is 25.3 Å². The quantitative estimate of drug-likeness (QED) is 0.925. The Morgan fingerprint density at radius 3 is 2.82 bits per heavy atom. The molecule has 1 N–H and O–H groups in total. The third-order valence-corrected chi connectivity index (χ3v) is 4.25. The van der Waals surface area contributed by atoms with E-state index >= 15 is 0 Å². The van der Waals surface area contributed by atoms with E-state index in [1.165, 1.54) is 0 Å². The third-order valence-electron chi connectivity index (χ3n) is 2.53. The van der Waals surface area contributed by atoms with Crippen LogP contribution in [0, 0.1) is 17.2 Å². The standard InChI is InChI=1S/C12H12BrN3S/c1-7(2)9(4-14)12-15-5-10(16-12)11-3-8(13)6-17-11/h3,5-7,9H,1-2H3,(H,15,16). The average molecular weight is 310 g/mol. The molecule has 0 aromatic carbocycles. The van der Waals surface area contributed by atoms with Crippen molar-refractivity contribution in [3.63, 3.8) is 0 Å². The summed E-state index contributed by atoms with van der Waals surface area (Å²) in [6.07, 6.45) is 1.79. The average Bonchev–Trinajstić information content (AvgIpc) is 2.87. The first-order valence-corrected chi connectivity index (χ1v) is 6.98. The van der Waals surface area contributed by atoms with Crippen molar-refractivity contribution in [3.05, 3.63) is 27.9 Å². The molecule has 5 heteroatoms. The van der Waals surface area contributed by atoms with Crippen molar-refractivity contribution >= 4 is 27.3 Å². The number of aromatic amines is 1. The molecule has 2 rings (SSSR count). The van der Waals surface area contributed by atoms with Crippen LogP contribution in [-0.4, -0.2) is 9.97 Å². The fraction of sp³-hybridized carbons (Fsp3) is 0.333. The third kappa shape index (κ3) is 2.59. The van der Waals surface area contributed by atoms with Crippen LogP contribution in [0.15, 0.2) is 22.1 Å². The topological polar surface area (TPSA) is 52.5 Å². The predicted octanol–water partition coefficient (Wildman–Crippen LogP) is 4.16. The Balaban J connectivity index is 2.30. The highest BCUT2D eigenvalue weighted by atomic mass is 79.9. The van der Waals surface area contributed by atoms with Crippen molar-refractivity contribution < 1.29 is 0 Å². The van der Waals surface area contributed by atoms with Gasteiger partial charge in [-0.3, -0.25) is 0 Å². The molecule has 0 saturated heterocycles. The van der Waals surface area contributed by atoms with E-state index in [1.54, 1.807) is 17.5 Å². The lowest BCUT2D eigenvalue weighted by Crippen LogP contribution is -2.05. The Morgan fingerprint density at radius 2 is 2.29 bits per heavy atom.